The highest BCUT2D eigenvalue weighted by atomic mass is 32.1. The van der Waals surface area contributed by atoms with Crippen LogP contribution >= 0.6 is 12.2 Å². The molecule has 0 heterocycles. The summed E-state index contributed by atoms with van der Waals surface area (Å²) in [7, 11) is 1.62. The highest BCUT2D eigenvalue weighted by Crippen LogP contribution is 1.98. The maximum absolute atomic E-state index is 11.0. The number of nitrogens with one attached hydrogen (secondary N) is 3. The van der Waals surface area contributed by atoms with Crippen molar-refractivity contribution in [3.63, 3.8) is 0 Å². The maximum atomic E-state index is 11.0. The van der Waals surface area contributed by atoms with Crippen LogP contribution in [0.4, 0.5) is 0 Å². The van der Waals surface area contributed by atoms with E-state index in [4.69, 9.17) is 5.11 Å². The fourth-order valence-electron chi connectivity index (χ4n) is 0.329. The van der Waals surface area contributed by atoms with Gasteiger partial charge in [-0.25, -0.2) is 0 Å². The summed E-state index contributed by atoms with van der Waals surface area (Å²) in [4.78, 5) is 11.0. The third-order valence-corrected chi connectivity index (χ3v) is 1.38. The number of rotatable bonds is 1. The number of thiocarbonyl (C=S) groups is 1. The summed E-state index contributed by atoms with van der Waals surface area (Å²) >= 11 is 4.68. The van der Waals surface area contributed by atoms with Crippen LogP contribution in [0.1, 0.15) is 13.8 Å². The zero-order valence-corrected chi connectivity index (χ0v) is 8.08. The van der Waals surface area contributed by atoms with Gasteiger partial charge in [-0.1, -0.05) is 0 Å². The molecule has 0 spiro atoms. The first-order valence-corrected chi connectivity index (χ1v) is 3.79. The molecule has 12 heavy (non-hydrogen) atoms. The van der Waals surface area contributed by atoms with E-state index in [1.54, 1.807) is 7.05 Å². The van der Waals surface area contributed by atoms with Crippen LogP contribution in [0.2, 0.25) is 0 Å². The predicted octanol–water partition coefficient (Wildman–Crippen LogP) is -1.12. The third-order valence-electron chi connectivity index (χ3n) is 1.07. The average molecular weight is 191 g/mol. The summed E-state index contributed by atoms with van der Waals surface area (Å²) in [5.74, 6) is -0.542. The minimum atomic E-state index is -1.41. The summed E-state index contributed by atoms with van der Waals surface area (Å²) < 4.78 is 0. The minimum absolute atomic E-state index is 0.285. The topological polar surface area (TPSA) is 73.4 Å². The summed E-state index contributed by atoms with van der Waals surface area (Å²) in [5.41, 5.74) is 3.22. The van der Waals surface area contributed by atoms with Crippen LogP contribution in [0.15, 0.2) is 0 Å². The minimum Gasteiger partial charge on any atom is -0.381 e. The molecule has 0 fully saturated rings. The van der Waals surface area contributed by atoms with Crippen molar-refractivity contribution in [3.8, 4) is 0 Å². The van der Waals surface area contributed by atoms with Gasteiger partial charge in [-0.2, -0.15) is 0 Å². The summed E-state index contributed by atoms with van der Waals surface area (Å²) in [6.45, 7) is 2.76. The van der Waals surface area contributed by atoms with Gasteiger partial charge in [-0.3, -0.25) is 15.6 Å². The Bertz CT molecular complexity index is 188. The van der Waals surface area contributed by atoms with E-state index in [0.717, 1.165) is 0 Å². The lowest BCUT2D eigenvalue weighted by molar-refractivity contribution is -0.137. The van der Waals surface area contributed by atoms with Gasteiger partial charge in [-0.15, -0.1) is 0 Å². The molecule has 6 heteroatoms. The molecule has 0 bridgehead atoms. The van der Waals surface area contributed by atoms with Gasteiger partial charge >= 0.3 is 0 Å². The fourth-order valence-corrected chi connectivity index (χ4v) is 0.380. The number of carbonyl (C=O) groups is 1. The molecular formula is C6H13N3O2S. The largest absolute Gasteiger partial charge is 0.381 e. The molecular weight excluding hydrogens is 178 g/mol. The van der Waals surface area contributed by atoms with Gasteiger partial charge in [0.1, 0.15) is 5.60 Å². The number of hydrogen-bond acceptors (Lipinski definition) is 3. The number of hydrogen-bond donors (Lipinski definition) is 4. The SMILES string of the molecule is CNC(=S)NNC(=O)C(C)(C)O. The molecule has 4 N–H and O–H groups in total. The van der Waals surface area contributed by atoms with Crippen molar-refractivity contribution >= 4 is 23.2 Å². The fraction of sp³-hybridized carbons (Fsp3) is 0.667. The quantitative estimate of drug-likeness (QED) is 0.312. The van der Waals surface area contributed by atoms with E-state index < -0.39 is 11.5 Å². The highest BCUT2D eigenvalue weighted by molar-refractivity contribution is 7.80. The Morgan fingerprint density at radius 3 is 2.25 bits per heavy atom. The second-order valence-corrected chi connectivity index (χ2v) is 3.13. The summed E-state index contributed by atoms with van der Waals surface area (Å²) in [6.07, 6.45) is 0. The molecule has 0 aromatic carbocycles. The predicted molar refractivity (Wildman–Crippen MR) is 49.2 cm³/mol. The number of hydrazine groups is 1. The van der Waals surface area contributed by atoms with Crippen molar-refractivity contribution in [2.24, 2.45) is 0 Å². The molecule has 5 nitrogen and oxygen atoms in total. The molecule has 0 aromatic rings. The van der Waals surface area contributed by atoms with Crippen LogP contribution in [0.3, 0.4) is 0 Å². The van der Waals surface area contributed by atoms with Gasteiger partial charge in [-0.05, 0) is 26.1 Å². The molecule has 0 rings (SSSR count). The van der Waals surface area contributed by atoms with Crippen LogP contribution in [-0.2, 0) is 4.79 Å². The van der Waals surface area contributed by atoms with Crippen LogP contribution in [0.5, 0.6) is 0 Å². The first-order valence-electron chi connectivity index (χ1n) is 3.38. The normalized spacial score (nSPS) is 10.3. The smallest absolute Gasteiger partial charge is 0.269 e. The Morgan fingerprint density at radius 2 is 1.92 bits per heavy atom. The molecule has 0 saturated carbocycles. The number of aliphatic hydroxyl groups is 1. The van der Waals surface area contributed by atoms with E-state index in [1.807, 2.05) is 0 Å². The van der Waals surface area contributed by atoms with Gasteiger partial charge in [0.15, 0.2) is 5.11 Å². The molecule has 0 aliphatic heterocycles. The Labute approximate surface area is 76.5 Å². The van der Waals surface area contributed by atoms with E-state index in [-0.39, 0.29) is 5.11 Å². The molecule has 0 aliphatic carbocycles. The second-order valence-electron chi connectivity index (χ2n) is 2.72. The second kappa shape index (κ2) is 4.22. The van der Waals surface area contributed by atoms with Crippen molar-refractivity contribution in [2.45, 2.75) is 19.4 Å². The van der Waals surface area contributed by atoms with E-state index in [9.17, 15) is 4.79 Å². The number of amides is 1. The molecule has 70 valence electrons. The first kappa shape index (κ1) is 11.1. The van der Waals surface area contributed by atoms with Crippen LogP contribution < -0.4 is 16.2 Å². The molecule has 0 radical (unpaired) electrons. The standard InChI is InChI=1S/C6H13N3O2S/c1-6(2,11)4(10)8-9-5(12)7-3/h11H,1-3H3,(H,8,10)(H2,7,9,12). The lowest BCUT2D eigenvalue weighted by Gasteiger charge is -2.17. The van der Waals surface area contributed by atoms with Crippen LogP contribution in [0.25, 0.3) is 0 Å². The van der Waals surface area contributed by atoms with Crippen molar-refractivity contribution in [2.75, 3.05) is 7.05 Å². The number of carbonyl (C=O) groups excluding carboxylic acids is 1. The van der Waals surface area contributed by atoms with Crippen molar-refractivity contribution in [1.29, 1.82) is 0 Å². The van der Waals surface area contributed by atoms with Gasteiger partial charge in [0.05, 0.1) is 0 Å². The molecule has 0 aromatic heterocycles. The molecule has 0 unspecified atom stereocenters. The summed E-state index contributed by atoms with van der Waals surface area (Å²) in [5, 5.41) is 12.0. The Kier molecular flexibility index (Phi) is 3.91. The van der Waals surface area contributed by atoms with E-state index in [0.29, 0.717) is 0 Å². The van der Waals surface area contributed by atoms with Gasteiger partial charge < -0.3 is 10.4 Å². The van der Waals surface area contributed by atoms with Crippen molar-refractivity contribution in [3.05, 3.63) is 0 Å². The molecule has 0 aliphatic rings. The van der Waals surface area contributed by atoms with Crippen molar-refractivity contribution < 1.29 is 9.90 Å². The lowest BCUT2D eigenvalue weighted by Crippen LogP contribution is -2.52. The zero-order chi connectivity index (χ0) is 9.78. The van der Waals surface area contributed by atoms with Crippen LogP contribution in [0, 0.1) is 0 Å². The zero-order valence-electron chi connectivity index (χ0n) is 7.26. The average Bonchev–Trinajstić information content (AvgIpc) is 1.97. The third kappa shape index (κ3) is 4.09. The Balaban J connectivity index is 3.81. The van der Waals surface area contributed by atoms with E-state index >= 15 is 0 Å². The lowest BCUT2D eigenvalue weighted by atomic mass is 10.1. The van der Waals surface area contributed by atoms with Gasteiger partial charge in [0.2, 0.25) is 0 Å². The van der Waals surface area contributed by atoms with Gasteiger partial charge in [0, 0.05) is 7.05 Å². The Morgan fingerprint density at radius 1 is 1.42 bits per heavy atom. The first-order chi connectivity index (χ1) is 5.38. The maximum Gasteiger partial charge on any atom is 0.269 e. The molecule has 0 saturated heterocycles. The molecule has 1 amide bonds. The van der Waals surface area contributed by atoms with E-state index in [1.165, 1.54) is 13.8 Å². The Hall–Kier alpha value is -0.880. The summed E-state index contributed by atoms with van der Waals surface area (Å²) in [6, 6.07) is 0. The molecule has 0 atom stereocenters. The van der Waals surface area contributed by atoms with Crippen molar-refractivity contribution in [1.82, 2.24) is 16.2 Å². The monoisotopic (exact) mass is 191 g/mol. The van der Waals surface area contributed by atoms with Crippen LogP contribution in [-0.4, -0.2) is 28.8 Å². The van der Waals surface area contributed by atoms with Gasteiger partial charge in [0.25, 0.3) is 5.91 Å². The highest BCUT2D eigenvalue weighted by Gasteiger charge is 2.23. The van der Waals surface area contributed by atoms with E-state index in [2.05, 4.69) is 28.4 Å².